The number of carboxylic acid groups (broad SMARTS) is 1. The van der Waals surface area contributed by atoms with Crippen LogP contribution in [0.25, 0.3) is 10.9 Å². The monoisotopic (exact) mass is 591 g/mol. The summed E-state index contributed by atoms with van der Waals surface area (Å²) in [4.78, 5) is 78.7. The molecule has 16 heteroatoms. The van der Waals surface area contributed by atoms with Crippen LogP contribution in [0.15, 0.2) is 30.5 Å². The number of aliphatic carboxylic acids is 1. The van der Waals surface area contributed by atoms with Gasteiger partial charge in [0.25, 0.3) is 0 Å². The van der Waals surface area contributed by atoms with E-state index in [-0.39, 0.29) is 12.2 Å². The number of primary amides is 1. The van der Waals surface area contributed by atoms with Crippen molar-refractivity contribution in [3.8, 4) is 0 Å². The smallest absolute Gasteiger partial charge is 0.318 e. The molecule has 1 aromatic carbocycles. The average Bonchev–Trinajstić information content (AvgIpc) is 3.32. The summed E-state index contributed by atoms with van der Waals surface area (Å²) in [6.07, 6.45) is 1.10. The number of H-pyrrole nitrogens is 1. The molecule has 15 nitrogen and oxygen atoms in total. The maximum atomic E-state index is 13.4. The Labute approximate surface area is 238 Å². The molecule has 0 saturated carbocycles. The molecule has 1 saturated heterocycles. The van der Waals surface area contributed by atoms with Crippen molar-refractivity contribution in [2.45, 2.75) is 55.2 Å². The molecule has 1 aliphatic rings. The summed E-state index contributed by atoms with van der Waals surface area (Å²) in [5.41, 5.74) is 12.8. The number of aromatic amines is 1. The summed E-state index contributed by atoms with van der Waals surface area (Å²) in [7, 11) is 0. The second-order valence-electron chi connectivity index (χ2n) is 9.58. The lowest BCUT2D eigenvalue weighted by molar-refractivity contribution is -0.138. The largest absolute Gasteiger partial charge is 0.480 e. The summed E-state index contributed by atoms with van der Waals surface area (Å²) in [5, 5.41) is 28.8. The highest BCUT2D eigenvalue weighted by atomic mass is 32.2. The van der Waals surface area contributed by atoms with Gasteiger partial charge in [-0.05, 0) is 25.0 Å². The van der Waals surface area contributed by atoms with Gasteiger partial charge in [-0.2, -0.15) is 0 Å². The number of aliphatic hydroxyl groups is 1. The van der Waals surface area contributed by atoms with Gasteiger partial charge in [0.1, 0.15) is 23.4 Å². The van der Waals surface area contributed by atoms with E-state index < -0.39 is 84.0 Å². The zero-order valence-electron chi connectivity index (χ0n) is 22.1. The second-order valence-corrected chi connectivity index (χ2v) is 10.8. The Hall–Kier alpha value is -4.15. The molecule has 6 unspecified atom stereocenters. The van der Waals surface area contributed by atoms with Crippen LogP contribution < -0.4 is 32.7 Å². The van der Waals surface area contributed by atoms with Crippen molar-refractivity contribution < 1.29 is 39.0 Å². The first-order valence-electron chi connectivity index (χ1n) is 12.7. The van der Waals surface area contributed by atoms with Crippen molar-refractivity contribution in [3.05, 3.63) is 36.0 Å². The standard InChI is InChI=1S/C25H33N7O8S/c1-11-21(35)31-17(7-19(27)34)23(37)30-16(6-12-8-28-15-5-3-2-4-13(12)15)20(25(39)40)41-10-14(26)22(36)32-18(9-33)24(38)29-11/h2-5,8,11,14,16-18,20,28,33H,6-7,9-10,26H2,1H3,(H2,27,34)(H,29,38)(H,30,37)(H,31,35)(H,32,36)(H,39,40). The van der Waals surface area contributed by atoms with Crippen molar-refractivity contribution in [1.29, 1.82) is 0 Å². The topological polar surface area (TPSA) is 259 Å². The van der Waals surface area contributed by atoms with Gasteiger partial charge in [-0.1, -0.05) is 18.2 Å². The first kappa shape index (κ1) is 31.4. The summed E-state index contributed by atoms with van der Waals surface area (Å²) < 4.78 is 0. The zero-order chi connectivity index (χ0) is 30.3. The van der Waals surface area contributed by atoms with Crippen LogP contribution in [-0.2, 0) is 35.2 Å². The lowest BCUT2D eigenvalue weighted by atomic mass is 10.0. The van der Waals surface area contributed by atoms with Gasteiger partial charge in [-0.3, -0.25) is 28.8 Å². The van der Waals surface area contributed by atoms with E-state index in [1.54, 1.807) is 12.3 Å². The number of rotatable bonds is 6. The number of hydrogen-bond acceptors (Lipinski definition) is 9. The third kappa shape index (κ3) is 8.18. The highest BCUT2D eigenvalue weighted by Crippen LogP contribution is 2.24. The predicted molar refractivity (Wildman–Crippen MR) is 148 cm³/mol. The number of amides is 5. The fraction of sp³-hybridized carbons (Fsp3) is 0.440. The van der Waals surface area contributed by atoms with Crippen LogP contribution in [0, 0.1) is 0 Å². The number of carboxylic acids is 1. The van der Waals surface area contributed by atoms with Crippen LogP contribution in [-0.4, -0.2) is 98.5 Å². The molecular formula is C25H33N7O8S. The molecule has 0 radical (unpaired) electrons. The van der Waals surface area contributed by atoms with Crippen molar-refractivity contribution in [2.24, 2.45) is 11.5 Å². The Morgan fingerprint density at radius 1 is 0.976 bits per heavy atom. The number of para-hydroxylation sites is 1. The molecular weight excluding hydrogens is 558 g/mol. The minimum absolute atomic E-state index is 0.0252. The van der Waals surface area contributed by atoms with Crippen LogP contribution >= 0.6 is 11.8 Å². The molecule has 1 aliphatic heterocycles. The molecule has 41 heavy (non-hydrogen) atoms. The Morgan fingerprint density at radius 3 is 2.29 bits per heavy atom. The van der Waals surface area contributed by atoms with Gasteiger partial charge >= 0.3 is 5.97 Å². The number of thioether (sulfide) groups is 1. The number of aromatic nitrogens is 1. The molecule has 0 aliphatic carbocycles. The highest BCUT2D eigenvalue weighted by molar-refractivity contribution is 8.00. The highest BCUT2D eigenvalue weighted by Gasteiger charge is 2.36. The maximum Gasteiger partial charge on any atom is 0.318 e. The van der Waals surface area contributed by atoms with Gasteiger partial charge in [0.2, 0.25) is 29.5 Å². The first-order chi connectivity index (χ1) is 19.4. The number of nitrogens with one attached hydrogen (secondary N) is 5. The van der Waals surface area contributed by atoms with Crippen molar-refractivity contribution in [3.63, 3.8) is 0 Å². The van der Waals surface area contributed by atoms with Crippen LogP contribution in [0.1, 0.15) is 18.9 Å². The van der Waals surface area contributed by atoms with Gasteiger partial charge in [0, 0.05) is 22.9 Å². The molecule has 11 N–H and O–H groups in total. The molecule has 6 atom stereocenters. The number of benzene rings is 1. The first-order valence-corrected chi connectivity index (χ1v) is 13.7. The summed E-state index contributed by atoms with van der Waals surface area (Å²) in [5.74, 6) is -5.94. The second kappa shape index (κ2) is 14.0. The summed E-state index contributed by atoms with van der Waals surface area (Å²) >= 11 is 0.788. The molecule has 5 amide bonds. The number of carbonyl (C=O) groups is 6. The van der Waals surface area contributed by atoms with Gasteiger partial charge in [0.15, 0.2) is 0 Å². The van der Waals surface area contributed by atoms with E-state index in [1.165, 1.54) is 6.92 Å². The summed E-state index contributed by atoms with van der Waals surface area (Å²) in [6, 6.07) is 0.677. The third-order valence-electron chi connectivity index (χ3n) is 6.45. The lowest BCUT2D eigenvalue weighted by Crippen LogP contribution is -2.60. The number of carbonyl (C=O) groups excluding carboxylic acids is 5. The molecule has 1 fully saturated rings. The Bertz CT molecular complexity index is 1320. The van der Waals surface area contributed by atoms with Gasteiger partial charge in [-0.25, -0.2) is 0 Å². The van der Waals surface area contributed by atoms with E-state index in [1.807, 2.05) is 18.2 Å². The minimum atomic E-state index is -1.49. The minimum Gasteiger partial charge on any atom is -0.480 e. The van der Waals surface area contributed by atoms with Crippen LogP contribution in [0.4, 0.5) is 0 Å². The lowest BCUT2D eigenvalue weighted by Gasteiger charge is -2.29. The molecule has 3 rings (SSSR count). The van der Waals surface area contributed by atoms with E-state index in [4.69, 9.17) is 11.5 Å². The summed E-state index contributed by atoms with van der Waals surface area (Å²) in [6.45, 7) is 0.470. The third-order valence-corrected chi connectivity index (χ3v) is 7.89. The Kier molecular flexibility index (Phi) is 10.7. The number of nitrogens with two attached hydrogens (primary N) is 2. The van der Waals surface area contributed by atoms with Crippen molar-refractivity contribution in [2.75, 3.05) is 12.4 Å². The van der Waals surface area contributed by atoms with Crippen LogP contribution in [0.3, 0.4) is 0 Å². The van der Waals surface area contributed by atoms with Gasteiger partial charge in [-0.15, -0.1) is 11.8 Å². The van der Waals surface area contributed by atoms with Crippen LogP contribution in [0.2, 0.25) is 0 Å². The zero-order valence-corrected chi connectivity index (χ0v) is 22.9. The molecule has 2 aromatic rings. The molecule has 0 spiro atoms. The van der Waals surface area contributed by atoms with E-state index in [0.29, 0.717) is 5.56 Å². The van der Waals surface area contributed by atoms with Crippen molar-refractivity contribution in [1.82, 2.24) is 26.3 Å². The normalized spacial score (nSPS) is 26.9. The van der Waals surface area contributed by atoms with Gasteiger partial charge in [0.05, 0.1) is 25.1 Å². The molecule has 2 heterocycles. The van der Waals surface area contributed by atoms with Gasteiger partial charge < -0.3 is 47.9 Å². The number of aliphatic hydroxyl groups excluding tert-OH is 1. The molecule has 222 valence electrons. The fourth-order valence-corrected chi connectivity index (χ4v) is 5.36. The van der Waals surface area contributed by atoms with E-state index in [2.05, 4.69) is 26.3 Å². The number of fused-ring (bicyclic) bond motifs is 1. The SMILES string of the molecule is CC1NC(=O)C(CO)NC(=O)C(N)CSC(C(=O)O)C(Cc2c[nH]c3ccccc23)NC(=O)C(CC(N)=O)NC1=O. The molecule has 0 bridgehead atoms. The quantitative estimate of drug-likeness (QED) is 0.165. The number of hydrogen-bond donors (Lipinski definition) is 9. The van der Waals surface area contributed by atoms with Crippen LogP contribution in [0.5, 0.6) is 0 Å². The average molecular weight is 592 g/mol. The fourth-order valence-electron chi connectivity index (χ4n) is 4.26. The van der Waals surface area contributed by atoms with Crippen molar-refractivity contribution >= 4 is 58.2 Å². The Balaban J connectivity index is 2.01. The predicted octanol–water partition coefficient (Wildman–Crippen LogP) is -2.94. The Morgan fingerprint density at radius 2 is 1.63 bits per heavy atom. The van der Waals surface area contributed by atoms with E-state index in [9.17, 15) is 39.0 Å². The molecule has 1 aromatic heterocycles. The van der Waals surface area contributed by atoms with E-state index in [0.717, 1.165) is 22.7 Å². The van der Waals surface area contributed by atoms with E-state index >= 15 is 0 Å². The maximum absolute atomic E-state index is 13.4.